The van der Waals surface area contributed by atoms with Crippen molar-refractivity contribution in [2.24, 2.45) is 11.8 Å². The van der Waals surface area contributed by atoms with E-state index in [0.29, 0.717) is 5.92 Å². The molecule has 1 aromatic carbocycles. The van der Waals surface area contributed by atoms with Crippen LogP contribution in [0.5, 0.6) is 0 Å². The summed E-state index contributed by atoms with van der Waals surface area (Å²) in [6.07, 6.45) is 13.6. The Labute approximate surface area is 170 Å². The van der Waals surface area contributed by atoms with E-state index >= 15 is 0 Å². The number of benzene rings is 1. The Morgan fingerprint density at radius 2 is 1.71 bits per heavy atom. The molecule has 0 unspecified atom stereocenters. The summed E-state index contributed by atoms with van der Waals surface area (Å²) >= 11 is 1.68. The van der Waals surface area contributed by atoms with Crippen LogP contribution >= 0.6 is 11.8 Å². The van der Waals surface area contributed by atoms with Gasteiger partial charge in [0.2, 0.25) is 0 Å². The third-order valence-electron chi connectivity index (χ3n) is 5.60. The monoisotopic (exact) mass is 391 g/mol. The second-order valence-corrected chi connectivity index (χ2v) is 8.45. The molecule has 1 saturated carbocycles. The standard InChI is InChI=1S/C23H25N3OS/c1-28-21-15-24-22(25-16-21)14-19-6-5-18(13-19)12-17-7-9-20(10-8-17)26-11-3-2-4-23(26)27/h2-4,7-11,15-16,18-19H,5-6,12-14H2,1H3/t18-,19+/m1/s1. The lowest BCUT2D eigenvalue weighted by Gasteiger charge is -2.12. The van der Waals surface area contributed by atoms with Crippen LogP contribution in [0.1, 0.15) is 30.7 Å². The van der Waals surface area contributed by atoms with E-state index in [2.05, 4.69) is 22.1 Å². The van der Waals surface area contributed by atoms with Crippen molar-refractivity contribution in [2.45, 2.75) is 37.0 Å². The minimum Gasteiger partial charge on any atom is -0.284 e. The topological polar surface area (TPSA) is 47.8 Å². The second kappa shape index (κ2) is 8.74. The molecule has 1 aliphatic rings. The highest BCUT2D eigenvalue weighted by molar-refractivity contribution is 7.98. The van der Waals surface area contributed by atoms with Crippen molar-refractivity contribution in [3.63, 3.8) is 0 Å². The van der Waals surface area contributed by atoms with Crippen LogP contribution in [0, 0.1) is 11.8 Å². The first kappa shape index (κ1) is 18.9. The highest BCUT2D eigenvalue weighted by Gasteiger charge is 2.25. The number of hydrogen-bond donors (Lipinski definition) is 0. The SMILES string of the molecule is CSc1cnc(C[C@H]2CC[C@H](Cc3ccc(-n4ccccc4=O)cc3)C2)nc1. The zero-order valence-electron chi connectivity index (χ0n) is 16.1. The minimum absolute atomic E-state index is 0.00154. The lowest BCUT2D eigenvalue weighted by molar-refractivity contribution is 0.479. The molecule has 0 spiro atoms. The Hall–Kier alpha value is -2.40. The maximum Gasteiger partial charge on any atom is 0.255 e. The van der Waals surface area contributed by atoms with Crippen molar-refractivity contribution in [3.8, 4) is 5.69 Å². The van der Waals surface area contributed by atoms with Crippen LogP contribution in [0.2, 0.25) is 0 Å². The van der Waals surface area contributed by atoms with Gasteiger partial charge in [-0.05, 0) is 67.5 Å². The van der Waals surface area contributed by atoms with Crippen LogP contribution in [-0.4, -0.2) is 20.8 Å². The number of aromatic nitrogens is 3. The van der Waals surface area contributed by atoms with Crippen LogP contribution < -0.4 is 5.56 Å². The molecule has 3 aromatic rings. The number of rotatable bonds is 6. The van der Waals surface area contributed by atoms with E-state index in [1.807, 2.05) is 43.0 Å². The van der Waals surface area contributed by atoms with Crippen molar-refractivity contribution < 1.29 is 0 Å². The van der Waals surface area contributed by atoms with Gasteiger partial charge in [0.15, 0.2) is 0 Å². The summed E-state index contributed by atoms with van der Waals surface area (Å²) in [5, 5.41) is 0. The molecule has 0 aliphatic heterocycles. The normalized spacial score (nSPS) is 19.0. The molecular weight excluding hydrogens is 366 g/mol. The van der Waals surface area contributed by atoms with Crippen LogP contribution in [0.3, 0.4) is 0 Å². The number of nitrogens with zero attached hydrogens (tertiary/aromatic N) is 3. The highest BCUT2D eigenvalue weighted by atomic mass is 32.2. The van der Waals surface area contributed by atoms with Crippen molar-refractivity contribution in [3.05, 3.63) is 82.8 Å². The summed E-state index contributed by atoms with van der Waals surface area (Å²) in [7, 11) is 0. The van der Waals surface area contributed by atoms with E-state index in [-0.39, 0.29) is 5.56 Å². The summed E-state index contributed by atoms with van der Waals surface area (Å²) in [5.41, 5.74) is 2.27. The van der Waals surface area contributed by atoms with Gasteiger partial charge < -0.3 is 0 Å². The first-order valence-corrected chi connectivity index (χ1v) is 11.1. The molecule has 4 nitrogen and oxygen atoms in total. The average molecular weight is 392 g/mol. The van der Waals surface area contributed by atoms with Crippen molar-refractivity contribution in [1.29, 1.82) is 0 Å². The maximum absolute atomic E-state index is 12.0. The van der Waals surface area contributed by atoms with Crippen LogP contribution in [-0.2, 0) is 12.8 Å². The maximum atomic E-state index is 12.0. The van der Waals surface area contributed by atoms with Crippen LogP contribution in [0.25, 0.3) is 5.69 Å². The fourth-order valence-corrected chi connectivity index (χ4v) is 4.44. The molecular formula is C23H25N3OS. The molecule has 1 aliphatic carbocycles. The van der Waals surface area contributed by atoms with E-state index in [0.717, 1.165) is 35.2 Å². The van der Waals surface area contributed by atoms with E-state index in [9.17, 15) is 4.79 Å². The van der Waals surface area contributed by atoms with Gasteiger partial charge in [-0.3, -0.25) is 9.36 Å². The van der Waals surface area contributed by atoms with Crippen LogP contribution in [0.4, 0.5) is 0 Å². The summed E-state index contributed by atoms with van der Waals surface area (Å²) < 4.78 is 1.68. The molecule has 144 valence electrons. The first-order chi connectivity index (χ1) is 13.7. The Morgan fingerprint density at radius 3 is 2.39 bits per heavy atom. The summed E-state index contributed by atoms with van der Waals surface area (Å²) in [6, 6.07) is 13.6. The molecule has 28 heavy (non-hydrogen) atoms. The second-order valence-electron chi connectivity index (χ2n) is 7.57. The van der Waals surface area contributed by atoms with Gasteiger partial charge in [0.25, 0.3) is 5.56 Å². The van der Waals surface area contributed by atoms with Crippen molar-refractivity contribution in [2.75, 3.05) is 6.26 Å². The van der Waals surface area contributed by atoms with Crippen molar-refractivity contribution >= 4 is 11.8 Å². The summed E-state index contributed by atoms with van der Waals surface area (Å²) in [6.45, 7) is 0. The number of hydrogen-bond acceptors (Lipinski definition) is 4. The zero-order valence-corrected chi connectivity index (χ0v) is 16.9. The Bertz CT molecular complexity index is 966. The molecule has 0 radical (unpaired) electrons. The smallest absolute Gasteiger partial charge is 0.255 e. The largest absolute Gasteiger partial charge is 0.284 e. The molecule has 2 atom stereocenters. The average Bonchev–Trinajstić information content (AvgIpc) is 3.16. The zero-order chi connectivity index (χ0) is 19.3. The van der Waals surface area contributed by atoms with Gasteiger partial charge in [0, 0.05) is 41.7 Å². The molecule has 2 heterocycles. The molecule has 0 amide bonds. The molecule has 1 fully saturated rings. The van der Waals surface area contributed by atoms with Gasteiger partial charge in [-0.25, -0.2) is 9.97 Å². The third-order valence-corrected chi connectivity index (χ3v) is 6.28. The fourth-order valence-electron chi connectivity index (χ4n) is 4.13. The Kier molecular flexibility index (Phi) is 5.91. The van der Waals surface area contributed by atoms with E-state index in [1.165, 1.54) is 24.8 Å². The molecule has 2 aromatic heterocycles. The quantitative estimate of drug-likeness (QED) is 0.578. The third kappa shape index (κ3) is 4.53. The van der Waals surface area contributed by atoms with Crippen LogP contribution in [0.15, 0.2) is 70.7 Å². The lowest BCUT2D eigenvalue weighted by Crippen LogP contribution is -2.15. The van der Waals surface area contributed by atoms with Gasteiger partial charge in [-0.15, -0.1) is 11.8 Å². The Morgan fingerprint density at radius 1 is 1.00 bits per heavy atom. The fraction of sp³-hybridized carbons (Fsp3) is 0.348. The van der Waals surface area contributed by atoms with Gasteiger partial charge >= 0.3 is 0 Å². The molecule has 0 N–H and O–H groups in total. The molecule has 4 rings (SSSR count). The van der Waals surface area contributed by atoms with E-state index in [4.69, 9.17) is 0 Å². The predicted octanol–water partition coefficient (Wildman–Crippen LogP) is 4.55. The van der Waals surface area contributed by atoms with Crippen molar-refractivity contribution in [1.82, 2.24) is 14.5 Å². The van der Waals surface area contributed by atoms with Gasteiger partial charge in [-0.2, -0.15) is 0 Å². The van der Waals surface area contributed by atoms with Gasteiger partial charge in [0.05, 0.1) is 0 Å². The highest BCUT2D eigenvalue weighted by Crippen LogP contribution is 2.35. The minimum atomic E-state index is 0.00154. The van der Waals surface area contributed by atoms with E-state index < -0.39 is 0 Å². The summed E-state index contributed by atoms with van der Waals surface area (Å²) in [4.78, 5) is 22.1. The Balaban J connectivity index is 1.34. The molecule has 0 bridgehead atoms. The van der Waals surface area contributed by atoms with Gasteiger partial charge in [0.1, 0.15) is 5.82 Å². The van der Waals surface area contributed by atoms with Gasteiger partial charge in [-0.1, -0.05) is 18.2 Å². The lowest BCUT2D eigenvalue weighted by atomic mass is 9.95. The first-order valence-electron chi connectivity index (χ1n) is 9.83. The predicted molar refractivity (Wildman–Crippen MR) is 114 cm³/mol. The molecule has 5 heteroatoms. The summed E-state index contributed by atoms with van der Waals surface area (Å²) in [5.74, 6) is 2.38. The number of pyridine rings is 1. The number of thioether (sulfide) groups is 1. The van der Waals surface area contributed by atoms with E-state index in [1.54, 1.807) is 28.5 Å². The molecule has 0 saturated heterocycles.